The van der Waals surface area contributed by atoms with Crippen LogP contribution in [0.15, 0.2) is 4.99 Å². The van der Waals surface area contributed by atoms with E-state index in [1.54, 1.807) is 11.8 Å². The molecule has 1 saturated heterocycles. The zero-order chi connectivity index (χ0) is 12.0. The van der Waals surface area contributed by atoms with Crippen molar-refractivity contribution in [1.29, 1.82) is 0 Å². The van der Waals surface area contributed by atoms with Gasteiger partial charge < -0.3 is 11.1 Å². The van der Waals surface area contributed by atoms with Gasteiger partial charge in [-0.15, -0.1) is 0 Å². The quantitative estimate of drug-likeness (QED) is 0.716. The molecule has 0 aromatic carbocycles. The van der Waals surface area contributed by atoms with Crippen LogP contribution in [0.25, 0.3) is 0 Å². The number of nitrogens with zero attached hydrogens (tertiary/aromatic N) is 1. The van der Waals surface area contributed by atoms with Crippen LogP contribution in [-0.2, 0) is 4.79 Å². The van der Waals surface area contributed by atoms with E-state index in [-0.39, 0.29) is 5.91 Å². The number of rotatable bonds is 5. The molecule has 0 spiro atoms. The highest BCUT2D eigenvalue weighted by Gasteiger charge is 2.19. The summed E-state index contributed by atoms with van der Waals surface area (Å²) in [4.78, 5) is 15.0. The SMILES string of the molecule is CC(C)C1CCSC(=NCCCC(N)=O)N1. The Hall–Kier alpha value is -0.710. The molecule has 0 saturated carbocycles. The van der Waals surface area contributed by atoms with E-state index >= 15 is 0 Å². The van der Waals surface area contributed by atoms with Crippen LogP contribution >= 0.6 is 11.8 Å². The molecule has 92 valence electrons. The normalized spacial score (nSPS) is 23.4. The molecule has 1 rings (SSSR count). The van der Waals surface area contributed by atoms with Gasteiger partial charge in [0.25, 0.3) is 0 Å². The Morgan fingerprint density at radius 1 is 1.69 bits per heavy atom. The lowest BCUT2D eigenvalue weighted by Gasteiger charge is -2.28. The minimum Gasteiger partial charge on any atom is -0.370 e. The third kappa shape index (κ3) is 4.88. The van der Waals surface area contributed by atoms with Gasteiger partial charge in [-0.2, -0.15) is 0 Å². The fourth-order valence-electron chi connectivity index (χ4n) is 1.58. The second-order valence-corrected chi connectivity index (χ2v) is 5.47. The molecule has 16 heavy (non-hydrogen) atoms. The average molecular weight is 243 g/mol. The second kappa shape index (κ2) is 6.78. The van der Waals surface area contributed by atoms with E-state index in [1.807, 2.05) is 0 Å². The highest BCUT2D eigenvalue weighted by molar-refractivity contribution is 8.13. The molecule has 1 aliphatic heterocycles. The first-order valence-corrected chi connectivity index (χ1v) is 6.80. The fourth-order valence-corrected chi connectivity index (χ4v) is 2.56. The van der Waals surface area contributed by atoms with Crippen LogP contribution in [0.5, 0.6) is 0 Å². The van der Waals surface area contributed by atoms with E-state index < -0.39 is 0 Å². The van der Waals surface area contributed by atoms with E-state index in [9.17, 15) is 4.79 Å². The van der Waals surface area contributed by atoms with Gasteiger partial charge in [0.2, 0.25) is 5.91 Å². The lowest BCUT2D eigenvalue weighted by atomic mass is 10.0. The van der Waals surface area contributed by atoms with E-state index in [2.05, 4.69) is 24.2 Å². The summed E-state index contributed by atoms with van der Waals surface area (Å²) in [5.74, 6) is 1.52. The molecule has 1 amide bonds. The van der Waals surface area contributed by atoms with Gasteiger partial charge in [-0.3, -0.25) is 9.79 Å². The molecule has 1 heterocycles. The van der Waals surface area contributed by atoms with E-state index in [1.165, 1.54) is 6.42 Å². The Kier molecular flexibility index (Phi) is 5.66. The minimum absolute atomic E-state index is 0.246. The van der Waals surface area contributed by atoms with Gasteiger partial charge in [0, 0.05) is 24.8 Å². The number of nitrogens with one attached hydrogen (secondary N) is 1. The number of hydrogen-bond donors (Lipinski definition) is 2. The lowest BCUT2D eigenvalue weighted by Crippen LogP contribution is -2.41. The highest BCUT2D eigenvalue weighted by Crippen LogP contribution is 2.18. The van der Waals surface area contributed by atoms with Gasteiger partial charge in [-0.1, -0.05) is 25.6 Å². The van der Waals surface area contributed by atoms with Crippen LogP contribution in [0.4, 0.5) is 0 Å². The Morgan fingerprint density at radius 2 is 2.44 bits per heavy atom. The smallest absolute Gasteiger partial charge is 0.217 e. The van der Waals surface area contributed by atoms with Crippen molar-refractivity contribution in [2.45, 2.75) is 39.2 Å². The molecular weight excluding hydrogens is 222 g/mol. The average Bonchev–Trinajstić information content (AvgIpc) is 2.24. The Balaban J connectivity index is 2.29. The van der Waals surface area contributed by atoms with Crippen LogP contribution in [0.2, 0.25) is 0 Å². The van der Waals surface area contributed by atoms with Crippen molar-refractivity contribution in [2.24, 2.45) is 16.6 Å². The van der Waals surface area contributed by atoms with Crippen LogP contribution < -0.4 is 11.1 Å². The molecule has 4 nitrogen and oxygen atoms in total. The minimum atomic E-state index is -0.246. The summed E-state index contributed by atoms with van der Waals surface area (Å²) in [5, 5.41) is 4.46. The third-order valence-electron chi connectivity index (χ3n) is 2.62. The molecule has 0 bridgehead atoms. The maximum atomic E-state index is 10.5. The van der Waals surface area contributed by atoms with Gasteiger partial charge in [-0.25, -0.2) is 0 Å². The van der Waals surface area contributed by atoms with Crippen molar-refractivity contribution in [1.82, 2.24) is 5.32 Å². The number of primary amides is 1. The number of carbonyl (C=O) groups is 1. The van der Waals surface area contributed by atoms with E-state index in [0.29, 0.717) is 24.9 Å². The summed E-state index contributed by atoms with van der Waals surface area (Å²) >= 11 is 1.77. The lowest BCUT2D eigenvalue weighted by molar-refractivity contribution is -0.118. The van der Waals surface area contributed by atoms with Gasteiger partial charge in [0.1, 0.15) is 0 Å². The summed E-state index contributed by atoms with van der Waals surface area (Å²) in [6.45, 7) is 5.12. The molecule has 1 atom stereocenters. The first kappa shape index (κ1) is 13.4. The van der Waals surface area contributed by atoms with E-state index in [4.69, 9.17) is 5.73 Å². The topological polar surface area (TPSA) is 67.5 Å². The molecule has 1 unspecified atom stereocenters. The Morgan fingerprint density at radius 3 is 3.06 bits per heavy atom. The third-order valence-corrected chi connectivity index (χ3v) is 3.58. The molecular formula is C11H21N3OS. The predicted octanol–water partition coefficient (Wildman–Crippen LogP) is 1.36. The number of nitrogens with two attached hydrogens (primary N) is 1. The molecule has 0 aliphatic carbocycles. The van der Waals surface area contributed by atoms with Crippen LogP contribution in [0.3, 0.4) is 0 Å². The van der Waals surface area contributed by atoms with Gasteiger partial charge in [0.15, 0.2) is 5.17 Å². The number of carbonyl (C=O) groups excluding carboxylic acids is 1. The van der Waals surface area contributed by atoms with Gasteiger partial charge >= 0.3 is 0 Å². The Bertz CT molecular complexity index is 266. The first-order chi connectivity index (χ1) is 7.59. The second-order valence-electron chi connectivity index (χ2n) is 4.39. The number of amidine groups is 1. The number of thioether (sulfide) groups is 1. The van der Waals surface area contributed by atoms with Crippen molar-refractivity contribution in [3.8, 4) is 0 Å². The Labute approximate surface area is 101 Å². The molecule has 0 aromatic heterocycles. The first-order valence-electron chi connectivity index (χ1n) is 5.81. The molecule has 1 aliphatic rings. The maximum absolute atomic E-state index is 10.5. The van der Waals surface area contributed by atoms with Crippen molar-refractivity contribution in [3.63, 3.8) is 0 Å². The summed E-state index contributed by atoms with van der Waals surface area (Å²) in [6.07, 6.45) is 2.37. The molecule has 3 N–H and O–H groups in total. The number of aliphatic imine (C=N–C) groups is 1. The zero-order valence-electron chi connectivity index (χ0n) is 10.0. The standard InChI is InChI=1S/C11H21N3OS/c1-8(2)9-5-7-16-11(14-9)13-6-3-4-10(12)15/h8-9H,3-7H2,1-2H3,(H2,12,15)(H,13,14). The highest BCUT2D eigenvalue weighted by atomic mass is 32.2. The van der Waals surface area contributed by atoms with E-state index in [0.717, 1.165) is 17.3 Å². The predicted molar refractivity (Wildman–Crippen MR) is 69.6 cm³/mol. The monoisotopic (exact) mass is 243 g/mol. The van der Waals surface area contributed by atoms with Gasteiger partial charge in [0.05, 0.1) is 0 Å². The van der Waals surface area contributed by atoms with Crippen LogP contribution in [-0.4, -0.2) is 29.4 Å². The fraction of sp³-hybridized carbons (Fsp3) is 0.818. The summed E-state index contributed by atoms with van der Waals surface area (Å²) in [5.41, 5.74) is 5.07. The zero-order valence-corrected chi connectivity index (χ0v) is 10.8. The van der Waals surface area contributed by atoms with Gasteiger partial charge in [-0.05, 0) is 18.8 Å². The van der Waals surface area contributed by atoms with Crippen LogP contribution in [0.1, 0.15) is 33.1 Å². The summed E-state index contributed by atoms with van der Waals surface area (Å²) in [6, 6.07) is 0.538. The summed E-state index contributed by atoms with van der Waals surface area (Å²) in [7, 11) is 0. The van der Waals surface area contributed by atoms with Crippen molar-refractivity contribution in [2.75, 3.05) is 12.3 Å². The number of hydrogen-bond acceptors (Lipinski definition) is 3. The number of amides is 1. The van der Waals surface area contributed by atoms with Crippen molar-refractivity contribution in [3.05, 3.63) is 0 Å². The maximum Gasteiger partial charge on any atom is 0.217 e. The van der Waals surface area contributed by atoms with Crippen molar-refractivity contribution >= 4 is 22.8 Å². The molecule has 0 radical (unpaired) electrons. The molecule has 5 heteroatoms. The molecule has 0 aromatic rings. The van der Waals surface area contributed by atoms with Crippen molar-refractivity contribution < 1.29 is 4.79 Å². The largest absolute Gasteiger partial charge is 0.370 e. The summed E-state index contributed by atoms with van der Waals surface area (Å²) < 4.78 is 0. The van der Waals surface area contributed by atoms with Crippen LogP contribution in [0, 0.1) is 5.92 Å². The molecule has 1 fully saturated rings.